The lowest BCUT2D eigenvalue weighted by molar-refractivity contribution is 0.0931. The van der Waals surface area contributed by atoms with Crippen molar-refractivity contribution in [2.75, 3.05) is 18.0 Å². The molecular weight excluding hydrogens is 374 g/mol. The fourth-order valence-electron chi connectivity index (χ4n) is 3.53. The summed E-state index contributed by atoms with van der Waals surface area (Å²) >= 11 is 6.02. The number of aromatic nitrogens is 3. The molecule has 1 aliphatic heterocycles. The fraction of sp³-hybridized carbons (Fsp3) is 0.286. The first kappa shape index (κ1) is 18.5. The molecule has 2 heterocycles. The van der Waals surface area contributed by atoms with Crippen LogP contribution < -0.4 is 10.2 Å². The van der Waals surface area contributed by atoms with Gasteiger partial charge in [-0.05, 0) is 56.2 Å². The average molecular weight is 396 g/mol. The van der Waals surface area contributed by atoms with Crippen molar-refractivity contribution in [1.82, 2.24) is 20.1 Å². The number of hydrogen-bond acceptors (Lipinski definition) is 4. The molecule has 0 bridgehead atoms. The molecule has 144 valence electrons. The Bertz CT molecular complexity index is 947. The van der Waals surface area contributed by atoms with Crippen molar-refractivity contribution in [3.05, 3.63) is 71.0 Å². The molecule has 0 unspecified atom stereocenters. The molecule has 0 saturated carbocycles. The third-order valence-corrected chi connectivity index (χ3v) is 5.29. The number of benzene rings is 2. The highest BCUT2D eigenvalue weighted by Gasteiger charge is 2.25. The third-order valence-electron chi connectivity index (χ3n) is 5.04. The largest absolute Gasteiger partial charge is 0.349 e. The van der Waals surface area contributed by atoms with Crippen LogP contribution in [-0.2, 0) is 0 Å². The van der Waals surface area contributed by atoms with Gasteiger partial charge in [0, 0.05) is 29.7 Å². The van der Waals surface area contributed by atoms with Gasteiger partial charge >= 0.3 is 0 Å². The summed E-state index contributed by atoms with van der Waals surface area (Å²) in [6, 6.07) is 17.2. The Kier molecular flexibility index (Phi) is 5.30. The van der Waals surface area contributed by atoms with E-state index >= 15 is 0 Å². The van der Waals surface area contributed by atoms with Gasteiger partial charge in [-0.1, -0.05) is 29.8 Å². The topological polar surface area (TPSA) is 63.1 Å². The summed E-state index contributed by atoms with van der Waals surface area (Å²) < 4.78 is 2.04. The van der Waals surface area contributed by atoms with E-state index in [1.165, 1.54) is 0 Å². The normalized spacial score (nSPS) is 14.9. The van der Waals surface area contributed by atoms with E-state index in [4.69, 9.17) is 11.6 Å². The quantitative estimate of drug-likeness (QED) is 0.732. The predicted octanol–water partition coefficient (Wildman–Crippen LogP) is 3.63. The van der Waals surface area contributed by atoms with Crippen LogP contribution in [0.25, 0.3) is 5.69 Å². The lowest BCUT2D eigenvalue weighted by Crippen LogP contribution is -2.45. The monoisotopic (exact) mass is 395 g/mol. The van der Waals surface area contributed by atoms with Crippen LogP contribution in [0.15, 0.2) is 54.6 Å². The predicted molar refractivity (Wildman–Crippen MR) is 110 cm³/mol. The Balaban J connectivity index is 1.43. The van der Waals surface area contributed by atoms with Crippen LogP contribution in [-0.4, -0.2) is 39.8 Å². The summed E-state index contributed by atoms with van der Waals surface area (Å²) in [5, 5.41) is 12.5. The Hall–Kier alpha value is -2.86. The number of hydrogen-bond donors (Lipinski definition) is 1. The van der Waals surface area contributed by atoms with E-state index in [1.54, 1.807) is 0 Å². The molecule has 7 heteroatoms. The van der Waals surface area contributed by atoms with Crippen LogP contribution in [0.5, 0.6) is 0 Å². The Morgan fingerprint density at radius 3 is 2.39 bits per heavy atom. The summed E-state index contributed by atoms with van der Waals surface area (Å²) in [7, 11) is 0. The van der Waals surface area contributed by atoms with Crippen molar-refractivity contribution in [3.8, 4) is 5.69 Å². The van der Waals surface area contributed by atoms with E-state index < -0.39 is 0 Å². The smallest absolute Gasteiger partial charge is 0.251 e. The zero-order chi connectivity index (χ0) is 19.5. The number of anilines is 1. The van der Waals surface area contributed by atoms with Crippen molar-refractivity contribution >= 4 is 23.5 Å². The number of amides is 1. The minimum absolute atomic E-state index is 0.0146. The third kappa shape index (κ3) is 3.87. The highest BCUT2D eigenvalue weighted by atomic mass is 35.5. The van der Waals surface area contributed by atoms with Gasteiger partial charge in [0.15, 0.2) is 0 Å². The minimum atomic E-state index is -0.0146. The van der Waals surface area contributed by atoms with E-state index in [-0.39, 0.29) is 11.9 Å². The number of carbonyl (C=O) groups excluding carboxylic acids is 1. The number of nitrogens with one attached hydrogen (secondary N) is 1. The Morgan fingerprint density at radius 2 is 1.71 bits per heavy atom. The van der Waals surface area contributed by atoms with E-state index in [9.17, 15) is 4.79 Å². The SMILES string of the molecule is Cc1nnc(N2CCC(NC(=O)c3ccccc3)CC2)n1-c1ccc(Cl)cc1. The number of carbonyl (C=O) groups is 1. The zero-order valence-electron chi connectivity index (χ0n) is 15.7. The molecule has 1 aromatic heterocycles. The Morgan fingerprint density at radius 1 is 1.04 bits per heavy atom. The van der Waals surface area contributed by atoms with Gasteiger partial charge < -0.3 is 10.2 Å². The van der Waals surface area contributed by atoms with E-state index in [0.717, 1.165) is 43.4 Å². The molecule has 0 atom stereocenters. The average Bonchev–Trinajstić information content (AvgIpc) is 3.11. The van der Waals surface area contributed by atoms with Crippen molar-refractivity contribution in [1.29, 1.82) is 0 Å². The van der Waals surface area contributed by atoms with Crippen LogP contribution >= 0.6 is 11.6 Å². The van der Waals surface area contributed by atoms with Gasteiger partial charge in [-0.15, -0.1) is 10.2 Å². The highest BCUT2D eigenvalue weighted by molar-refractivity contribution is 6.30. The van der Waals surface area contributed by atoms with Gasteiger partial charge in [-0.25, -0.2) is 0 Å². The Labute approximate surface area is 169 Å². The number of nitrogens with zero attached hydrogens (tertiary/aromatic N) is 4. The van der Waals surface area contributed by atoms with Crippen molar-refractivity contribution in [2.45, 2.75) is 25.8 Å². The molecule has 1 aliphatic rings. The van der Waals surface area contributed by atoms with Crippen LogP contribution in [0.2, 0.25) is 5.02 Å². The van der Waals surface area contributed by atoms with Crippen LogP contribution in [0, 0.1) is 6.92 Å². The molecule has 0 aliphatic carbocycles. The summed E-state index contributed by atoms with van der Waals surface area (Å²) in [5.74, 6) is 1.64. The van der Waals surface area contributed by atoms with Crippen LogP contribution in [0.1, 0.15) is 29.0 Å². The molecule has 6 nitrogen and oxygen atoms in total. The molecule has 1 N–H and O–H groups in total. The summed E-state index contributed by atoms with van der Waals surface area (Å²) in [4.78, 5) is 14.6. The first-order valence-corrected chi connectivity index (χ1v) is 9.78. The van der Waals surface area contributed by atoms with Gasteiger partial charge in [0.1, 0.15) is 5.82 Å². The van der Waals surface area contributed by atoms with Crippen molar-refractivity contribution < 1.29 is 4.79 Å². The zero-order valence-corrected chi connectivity index (χ0v) is 16.4. The highest BCUT2D eigenvalue weighted by Crippen LogP contribution is 2.24. The molecule has 1 fully saturated rings. The van der Waals surface area contributed by atoms with Crippen LogP contribution in [0.3, 0.4) is 0 Å². The summed E-state index contributed by atoms with van der Waals surface area (Å²) in [6.07, 6.45) is 1.73. The number of rotatable bonds is 4. The molecule has 1 saturated heterocycles. The van der Waals surface area contributed by atoms with Crippen molar-refractivity contribution in [2.24, 2.45) is 0 Å². The molecule has 28 heavy (non-hydrogen) atoms. The van der Waals surface area contributed by atoms with E-state index in [1.807, 2.05) is 66.1 Å². The standard InChI is InChI=1S/C21H22ClN5O/c1-15-24-25-21(27(15)19-9-7-17(22)8-10-19)26-13-11-18(12-14-26)23-20(28)16-5-3-2-4-6-16/h2-10,18H,11-14H2,1H3,(H,23,28). The van der Waals surface area contributed by atoms with Crippen LogP contribution in [0.4, 0.5) is 5.95 Å². The van der Waals surface area contributed by atoms with Crippen molar-refractivity contribution in [3.63, 3.8) is 0 Å². The van der Waals surface area contributed by atoms with Gasteiger partial charge in [0.2, 0.25) is 5.95 Å². The maximum atomic E-state index is 12.4. The lowest BCUT2D eigenvalue weighted by Gasteiger charge is -2.33. The van der Waals surface area contributed by atoms with E-state index in [0.29, 0.717) is 10.6 Å². The lowest BCUT2D eigenvalue weighted by atomic mass is 10.0. The first-order chi connectivity index (χ1) is 13.6. The number of piperidine rings is 1. The molecule has 0 radical (unpaired) electrons. The maximum absolute atomic E-state index is 12.4. The fourth-order valence-corrected chi connectivity index (χ4v) is 3.66. The second-order valence-corrected chi connectivity index (χ2v) is 7.40. The number of halogens is 1. The van der Waals surface area contributed by atoms with Gasteiger partial charge in [0.25, 0.3) is 5.91 Å². The summed E-state index contributed by atoms with van der Waals surface area (Å²) in [5.41, 5.74) is 1.68. The number of aryl methyl sites for hydroxylation is 1. The van der Waals surface area contributed by atoms with Gasteiger partial charge in [-0.3, -0.25) is 9.36 Å². The van der Waals surface area contributed by atoms with Gasteiger partial charge in [-0.2, -0.15) is 0 Å². The molecule has 1 amide bonds. The molecule has 0 spiro atoms. The minimum Gasteiger partial charge on any atom is -0.349 e. The molecular formula is C21H22ClN5O. The van der Waals surface area contributed by atoms with E-state index in [2.05, 4.69) is 20.4 Å². The maximum Gasteiger partial charge on any atom is 0.251 e. The summed E-state index contributed by atoms with van der Waals surface area (Å²) in [6.45, 7) is 3.56. The van der Waals surface area contributed by atoms with Gasteiger partial charge in [0.05, 0.1) is 5.69 Å². The second kappa shape index (κ2) is 8.02. The first-order valence-electron chi connectivity index (χ1n) is 9.40. The molecule has 4 rings (SSSR count). The molecule has 3 aromatic rings. The molecule has 2 aromatic carbocycles. The second-order valence-electron chi connectivity index (χ2n) is 6.96.